The fourth-order valence-corrected chi connectivity index (χ4v) is 6.51. The number of para-hydroxylation sites is 2. The number of hydrogen-bond donors (Lipinski definition) is 2. The van der Waals surface area contributed by atoms with Crippen molar-refractivity contribution in [1.29, 1.82) is 0 Å². The summed E-state index contributed by atoms with van der Waals surface area (Å²) >= 11 is 0. The highest BCUT2D eigenvalue weighted by molar-refractivity contribution is 7.89. The molecule has 6 heteroatoms. The molecule has 3 aromatic carbocycles. The first kappa shape index (κ1) is 22.1. The van der Waals surface area contributed by atoms with Crippen LogP contribution in [0.5, 0.6) is 0 Å². The van der Waals surface area contributed by atoms with E-state index in [1.165, 1.54) is 11.1 Å². The van der Waals surface area contributed by atoms with Gasteiger partial charge in [0, 0.05) is 11.4 Å². The van der Waals surface area contributed by atoms with Crippen LogP contribution >= 0.6 is 0 Å². The number of nitrogens with one attached hydrogen (secondary N) is 1. The van der Waals surface area contributed by atoms with Gasteiger partial charge in [-0.15, -0.1) is 0 Å². The molecule has 1 fully saturated rings. The predicted molar refractivity (Wildman–Crippen MR) is 131 cm³/mol. The summed E-state index contributed by atoms with van der Waals surface area (Å²) in [5.41, 5.74) is 5.72. The van der Waals surface area contributed by atoms with Crippen molar-refractivity contribution in [1.82, 2.24) is 4.72 Å². The molecule has 0 aromatic heterocycles. The smallest absolute Gasteiger partial charge is 0.240 e. The molecular formula is C27H30N2O3S. The molecule has 1 aliphatic heterocycles. The number of rotatable bonds is 4. The summed E-state index contributed by atoms with van der Waals surface area (Å²) in [6, 6.07) is 22.8. The van der Waals surface area contributed by atoms with E-state index in [9.17, 15) is 13.5 Å². The number of benzene rings is 3. The molecule has 1 aliphatic carbocycles. The number of aliphatic hydroxyl groups excluding tert-OH is 1. The van der Waals surface area contributed by atoms with Crippen molar-refractivity contribution in [3.05, 3.63) is 89.5 Å². The van der Waals surface area contributed by atoms with E-state index in [-0.39, 0.29) is 10.9 Å². The Kier molecular flexibility index (Phi) is 5.99. The zero-order chi connectivity index (χ0) is 23.0. The Bertz CT molecular complexity index is 1190. The summed E-state index contributed by atoms with van der Waals surface area (Å²) in [5, 5.41) is 11.5. The van der Waals surface area contributed by atoms with E-state index in [2.05, 4.69) is 46.0 Å². The van der Waals surface area contributed by atoms with Gasteiger partial charge < -0.3 is 10.0 Å². The summed E-state index contributed by atoms with van der Waals surface area (Å²) in [4.78, 5) is 2.49. The number of hydrogen-bond acceptors (Lipinski definition) is 4. The third-order valence-corrected chi connectivity index (χ3v) is 8.46. The maximum atomic E-state index is 13.1. The summed E-state index contributed by atoms with van der Waals surface area (Å²) in [7, 11) is -3.72. The fourth-order valence-electron chi connectivity index (χ4n) is 5.22. The van der Waals surface area contributed by atoms with Gasteiger partial charge in [-0.2, -0.15) is 0 Å². The van der Waals surface area contributed by atoms with E-state index in [4.69, 9.17) is 0 Å². The predicted octanol–water partition coefficient (Wildman–Crippen LogP) is 4.49. The van der Waals surface area contributed by atoms with Gasteiger partial charge in [0.25, 0.3) is 0 Å². The fraction of sp³-hybridized carbons (Fsp3) is 0.333. The van der Waals surface area contributed by atoms with Gasteiger partial charge in [-0.3, -0.25) is 0 Å². The molecule has 0 saturated heterocycles. The topological polar surface area (TPSA) is 69.6 Å². The van der Waals surface area contributed by atoms with Crippen molar-refractivity contribution in [3.63, 3.8) is 0 Å². The largest absolute Gasteiger partial charge is 0.389 e. The monoisotopic (exact) mass is 462 g/mol. The van der Waals surface area contributed by atoms with Crippen LogP contribution in [-0.2, 0) is 22.9 Å². The average molecular weight is 463 g/mol. The maximum absolute atomic E-state index is 13.1. The van der Waals surface area contributed by atoms with E-state index >= 15 is 0 Å². The van der Waals surface area contributed by atoms with E-state index < -0.39 is 22.2 Å². The molecule has 0 bridgehead atoms. The summed E-state index contributed by atoms with van der Waals surface area (Å²) in [5.74, 6) is 0. The Balaban J connectivity index is 1.48. The standard InChI is InChI=1S/C27H30N2O3S/c1-19-13-17-22(18-14-19)33(31,32)28-23-9-6-12-26(27(23)30)29-24-10-4-2-7-20(24)15-16-21-8-3-5-11-25(21)29/h2-5,7-8,10-11,13-14,17-18,23,26-28,30H,6,9,12,15-16H2,1H3/t23-,26?,27+/m0/s1. The van der Waals surface area contributed by atoms with Gasteiger partial charge in [-0.1, -0.05) is 54.1 Å². The van der Waals surface area contributed by atoms with Crippen molar-refractivity contribution in [2.24, 2.45) is 0 Å². The van der Waals surface area contributed by atoms with Crippen LogP contribution in [0.4, 0.5) is 11.4 Å². The molecule has 1 heterocycles. The second kappa shape index (κ2) is 8.93. The number of aliphatic hydroxyl groups is 1. The summed E-state index contributed by atoms with van der Waals surface area (Å²) in [6.45, 7) is 1.93. The Morgan fingerprint density at radius 2 is 1.42 bits per heavy atom. The number of fused-ring (bicyclic) bond motifs is 2. The molecule has 1 saturated carbocycles. The molecule has 2 aliphatic rings. The summed E-state index contributed by atoms with van der Waals surface area (Å²) in [6.07, 6.45) is 3.29. The molecule has 5 nitrogen and oxygen atoms in total. The van der Waals surface area contributed by atoms with E-state index in [1.54, 1.807) is 24.3 Å². The zero-order valence-electron chi connectivity index (χ0n) is 18.8. The quantitative estimate of drug-likeness (QED) is 0.599. The molecule has 5 rings (SSSR count). The zero-order valence-corrected chi connectivity index (χ0v) is 19.6. The first-order chi connectivity index (χ1) is 15.9. The van der Waals surface area contributed by atoms with Gasteiger partial charge in [-0.05, 0) is 74.4 Å². The minimum atomic E-state index is -3.72. The number of aryl methyl sites for hydroxylation is 3. The molecule has 0 radical (unpaired) electrons. The third kappa shape index (κ3) is 4.31. The third-order valence-electron chi connectivity index (χ3n) is 6.96. The van der Waals surface area contributed by atoms with Crippen LogP contribution < -0.4 is 9.62 Å². The van der Waals surface area contributed by atoms with Gasteiger partial charge in [0.15, 0.2) is 0 Å². The van der Waals surface area contributed by atoms with Crippen LogP contribution in [0.2, 0.25) is 0 Å². The highest BCUT2D eigenvalue weighted by Gasteiger charge is 2.39. The van der Waals surface area contributed by atoms with Crippen LogP contribution in [-0.4, -0.2) is 31.7 Å². The highest BCUT2D eigenvalue weighted by Crippen LogP contribution is 2.41. The molecule has 3 atom stereocenters. The lowest BCUT2D eigenvalue weighted by Gasteiger charge is -2.43. The SMILES string of the molecule is Cc1ccc(S(=O)(=O)N[C@H]2CCCC(N3c4ccccc4CCc4ccccc43)[C@@H]2O)cc1. The molecule has 172 valence electrons. The van der Waals surface area contributed by atoms with Gasteiger partial charge in [0.2, 0.25) is 10.0 Å². The number of sulfonamides is 1. The molecule has 2 N–H and O–H groups in total. The van der Waals surface area contributed by atoms with Crippen LogP contribution in [0, 0.1) is 6.92 Å². The number of anilines is 2. The average Bonchev–Trinajstić information content (AvgIpc) is 2.98. The van der Waals surface area contributed by atoms with Crippen LogP contribution in [0.1, 0.15) is 36.0 Å². The van der Waals surface area contributed by atoms with Gasteiger partial charge in [0.05, 0.1) is 23.1 Å². The van der Waals surface area contributed by atoms with E-state index in [1.807, 2.05) is 19.1 Å². The number of nitrogens with zero attached hydrogens (tertiary/aromatic N) is 1. The van der Waals surface area contributed by atoms with Crippen molar-refractivity contribution in [3.8, 4) is 0 Å². The minimum absolute atomic E-state index is 0.218. The van der Waals surface area contributed by atoms with Gasteiger partial charge in [0.1, 0.15) is 0 Å². The second-order valence-corrected chi connectivity index (χ2v) is 10.9. The molecule has 0 amide bonds. The van der Waals surface area contributed by atoms with Crippen molar-refractivity contribution in [2.45, 2.75) is 62.1 Å². The Morgan fingerprint density at radius 1 is 0.848 bits per heavy atom. The van der Waals surface area contributed by atoms with Crippen LogP contribution in [0.3, 0.4) is 0 Å². The highest BCUT2D eigenvalue weighted by atomic mass is 32.2. The molecule has 1 unspecified atom stereocenters. The van der Waals surface area contributed by atoms with E-state index in [0.717, 1.165) is 42.6 Å². The molecule has 3 aromatic rings. The lowest BCUT2D eigenvalue weighted by atomic mass is 9.86. The van der Waals surface area contributed by atoms with Crippen molar-refractivity contribution in [2.75, 3.05) is 4.90 Å². The molecule has 0 spiro atoms. The Labute approximate surface area is 196 Å². The Hall–Kier alpha value is -2.67. The molecular weight excluding hydrogens is 432 g/mol. The first-order valence-electron chi connectivity index (χ1n) is 11.7. The van der Waals surface area contributed by atoms with E-state index in [0.29, 0.717) is 6.42 Å². The summed E-state index contributed by atoms with van der Waals surface area (Å²) < 4.78 is 28.9. The van der Waals surface area contributed by atoms with Gasteiger partial charge >= 0.3 is 0 Å². The minimum Gasteiger partial charge on any atom is -0.389 e. The van der Waals surface area contributed by atoms with Gasteiger partial charge in [-0.25, -0.2) is 13.1 Å². The lowest BCUT2D eigenvalue weighted by Crippen LogP contribution is -2.55. The lowest BCUT2D eigenvalue weighted by molar-refractivity contribution is 0.0812. The van der Waals surface area contributed by atoms with Crippen LogP contribution in [0.25, 0.3) is 0 Å². The van der Waals surface area contributed by atoms with Crippen molar-refractivity contribution >= 4 is 21.4 Å². The normalized spacial score (nSPS) is 22.8. The van der Waals surface area contributed by atoms with Crippen LogP contribution in [0.15, 0.2) is 77.7 Å². The first-order valence-corrected chi connectivity index (χ1v) is 13.1. The van der Waals surface area contributed by atoms with Crippen molar-refractivity contribution < 1.29 is 13.5 Å². The maximum Gasteiger partial charge on any atom is 0.240 e. The second-order valence-electron chi connectivity index (χ2n) is 9.16. The molecule has 33 heavy (non-hydrogen) atoms. The Morgan fingerprint density at radius 3 is 2.03 bits per heavy atom.